The fourth-order valence-corrected chi connectivity index (χ4v) is 8.88. The third kappa shape index (κ3) is 4.83. The average molecular weight is 713 g/mol. The lowest BCUT2D eigenvalue weighted by atomic mass is 9.89. The predicted octanol–water partition coefficient (Wildman–Crippen LogP) is 15.6. The third-order valence-electron chi connectivity index (χ3n) is 11.7. The van der Waals surface area contributed by atoms with Gasteiger partial charge in [-0.15, -0.1) is 0 Å². The highest BCUT2D eigenvalue weighted by atomic mass is 16.3. The zero-order valence-electron chi connectivity index (χ0n) is 30.3. The smallest absolute Gasteiger partial charge is 0.136 e. The van der Waals surface area contributed by atoms with Crippen LogP contribution in [-0.2, 0) is 0 Å². The van der Waals surface area contributed by atoms with E-state index in [9.17, 15) is 0 Å². The number of para-hydroxylation sites is 2. The molecular formula is C54H32O2. The van der Waals surface area contributed by atoms with Crippen molar-refractivity contribution in [2.45, 2.75) is 0 Å². The van der Waals surface area contributed by atoms with Crippen molar-refractivity contribution in [2.75, 3.05) is 0 Å². The minimum atomic E-state index is 0.912. The molecule has 0 atom stereocenters. The van der Waals surface area contributed by atoms with Gasteiger partial charge in [0, 0.05) is 21.5 Å². The van der Waals surface area contributed by atoms with E-state index in [0.717, 1.165) is 55.0 Å². The summed E-state index contributed by atoms with van der Waals surface area (Å²) in [5, 5.41) is 12.1. The molecule has 2 nitrogen and oxygen atoms in total. The molecule has 0 saturated carbocycles. The lowest BCUT2D eigenvalue weighted by molar-refractivity contribution is 0.668. The van der Waals surface area contributed by atoms with Gasteiger partial charge in [-0.3, -0.25) is 0 Å². The van der Waals surface area contributed by atoms with Crippen LogP contribution >= 0.6 is 0 Å². The van der Waals surface area contributed by atoms with Gasteiger partial charge in [0.05, 0.1) is 0 Å². The first-order valence-electron chi connectivity index (χ1n) is 19.1. The highest BCUT2D eigenvalue weighted by Gasteiger charge is 2.14. The van der Waals surface area contributed by atoms with E-state index in [1.54, 1.807) is 0 Å². The minimum Gasteiger partial charge on any atom is -0.456 e. The number of rotatable bonds is 4. The summed E-state index contributed by atoms with van der Waals surface area (Å²) >= 11 is 0. The van der Waals surface area contributed by atoms with E-state index in [1.807, 2.05) is 24.3 Å². The van der Waals surface area contributed by atoms with Crippen LogP contribution in [0.1, 0.15) is 0 Å². The molecule has 0 N–H and O–H groups in total. The van der Waals surface area contributed by atoms with Crippen molar-refractivity contribution in [1.82, 2.24) is 0 Å². The number of furan rings is 2. The van der Waals surface area contributed by atoms with Gasteiger partial charge in [0.2, 0.25) is 0 Å². The number of hydrogen-bond acceptors (Lipinski definition) is 2. The summed E-state index contributed by atoms with van der Waals surface area (Å²) in [5.74, 6) is 0. The number of hydrogen-bond donors (Lipinski definition) is 0. The second kappa shape index (κ2) is 12.0. The maximum atomic E-state index is 6.23. The Bertz CT molecular complexity index is 3290. The van der Waals surface area contributed by atoms with Gasteiger partial charge >= 0.3 is 0 Å². The molecule has 0 aliphatic heterocycles. The lowest BCUT2D eigenvalue weighted by Gasteiger charge is -2.14. The molecule has 260 valence electrons. The van der Waals surface area contributed by atoms with E-state index in [0.29, 0.717) is 0 Å². The molecule has 2 aromatic heterocycles. The molecule has 0 aliphatic carbocycles. The first-order valence-corrected chi connectivity index (χ1v) is 19.1. The molecule has 12 aromatic rings. The molecule has 0 spiro atoms. The third-order valence-corrected chi connectivity index (χ3v) is 11.7. The van der Waals surface area contributed by atoms with Gasteiger partial charge in [0.25, 0.3) is 0 Å². The maximum absolute atomic E-state index is 6.23. The average Bonchev–Trinajstić information content (AvgIpc) is 3.84. The molecule has 12 rings (SSSR count). The SMILES string of the molecule is c1cc(-c2ccc3c(c2)oc2ccccc23)cc(-c2ccc3c4ccc(-c5cccc(-c6ccc7c(c6)oc6ccccc67)c5)cc4c4ccccc4c3c2)c1. The fourth-order valence-electron chi connectivity index (χ4n) is 8.88. The Hall–Kier alpha value is -7.42. The van der Waals surface area contributed by atoms with E-state index in [1.165, 1.54) is 65.7 Å². The number of benzene rings is 10. The van der Waals surface area contributed by atoms with Crippen LogP contribution in [0.2, 0.25) is 0 Å². The Morgan fingerprint density at radius 1 is 0.179 bits per heavy atom. The zero-order chi connectivity index (χ0) is 36.7. The van der Waals surface area contributed by atoms with Crippen molar-refractivity contribution < 1.29 is 8.83 Å². The van der Waals surface area contributed by atoms with Crippen LogP contribution < -0.4 is 0 Å². The van der Waals surface area contributed by atoms with Gasteiger partial charge in [-0.25, -0.2) is 0 Å². The van der Waals surface area contributed by atoms with Crippen LogP contribution in [0.5, 0.6) is 0 Å². The number of fused-ring (bicyclic) bond motifs is 12. The van der Waals surface area contributed by atoms with Gasteiger partial charge in [-0.2, -0.15) is 0 Å². The minimum absolute atomic E-state index is 0.912. The summed E-state index contributed by atoms with van der Waals surface area (Å²) in [6.07, 6.45) is 0. The molecule has 0 bridgehead atoms. The van der Waals surface area contributed by atoms with Gasteiger partial charge in [-0.05, 0) is 137 Å². The molecule has 0 radical (unpaired) electrons. The molecule has 2 heteroatoms. The Morgan fingerprint density at radius 2 is 0.482 bits per heavy atom. The molecule has 0 fully saturated rings. The Balaban J connectivity index is 0.935. The van der Waals surface area contributed by atoms with Crippen molar-refractivity contribution in [3.05, 3.63) is 194 Å². The molecule has 0 saturated heterocycles. The van der Waals surface area contributed by atoms with Gasteiger partial charge in [-0.1, -0.05) is 133 Å². The maximum Gasteiger partial charge on any atom is 0.136 e. The van der Waals surface area contributed by atoms with Gasteiger partial charge < -0.3 is 8.83 Å². The Morgan fingerprint density at radius 3 is 0.911 bits per heavy atom. The molecule has 0 unspecified atom stereocenters. The molecule has 0 amide bonds. The van der Waals surface area contributed by atoms with E-state index in [4.69, 9.17) is 8.83 Å². The van der Waals surface area contributed by atoms with Crippen LogP contribution in [0.3, 0.4) is 0 Å². The molecule has 2 heterocycles. The van der Waals surface area contributed by atoms with Crippen molar-refractivity contribution in [1.29, 1.82) is 0 Å². The highest BCUT2D eigenvalue weighted by Crippen LogP contribution is 2.41. The first-order chi connectivity index (χ1) is 27.7. The molecular weight excluding hydrogens is 681 g/mol. The summed E-state index contributed by atoms with van der Waals surface area (Å²) < 4.78 is 12.5. The summed E-state index contributed by atoms with van der Waals surface area (Å²) in [6.45, 7) is 0. The van der Waals surface area contributed by atoms with Crippen molar-refractivity contribution in [3.63, 3.8) is 0 Å². The van der Waals surface area contributed by atoms with Crippen LogP contribution in [-0.4, -0.2) is 0 Å². The standard InChI is InChI=1S/C54H32O2/c1-2-14-42-41(13-1)49-29-37(33-9-7-11-35(27-33)39-21-25-47-45-15-3-5-17-51(45)55-53(47)31-39)19-23-43(49)44-24-20-38(30-50(42)44)34-10-8-12-36(28-34)40-22-26-48-46-16-4-6-18-52(46)56-54(48)32-40/h1-32H. The van der Waals surface area contributed by atoms with E-state index < -0.39 is 0 Å². The van der Waals surface area contributed by atoms with Crippen LogP contribution in [0.4, 0.5) is 0 Å². The zero-order valence-corrected chi connectivity index (χ0v) is 30.3. The quantitative estimate of drug-likeness (QED) is 0.170. The molecule has 10 aromatic carbocycles. The van der Waals surface area contributed by atoms with Crippen LogP contribution in [0, 0.1) is 0 Å². The Kier molecular flexibility index (Phi) is 6.66. The summed E-state index contributed by atoms with van der Waals surface area (Å²) in [4.78, 5) is 0. The summed E-state index contributed by atoms with van der Waals surface area (Å²) in [7, 11) is 0. The van der Waals surface area contributed by atoms with Crippen molar-refractivity contribution >= 4 is 76.2 Å². The lowest BCUT2D eigenvalue weighted by Crippen LogP contribution is -1.87. The van der Waals surface area contributed by atoms with E-state index in [-0.39, 0.29) is 0 Å². The molecule has 56 heavy (non-hydrogen) atoms. The van der Waals surface area contributed by atoms with Crippen molar-refractivity contribution in [2.24, 2.45) is 0 Å². The van der Waals surface area contributed by atoms with Gasteiger partial charge in [0.15, 0.2) is 0 Å². The van der Waals surface area contributed by atoms with Crippen molar-refractivity contribution in [3.8, 4) is 44.5 Å². The predicted molar refractivity (Wildman–Crippen MR) is 235 cm³/mol. The summed E-state index contributed by atoms with van der Waals surface area (Å²) in [5.41, 5.74) is 13.1. The van der Waals surface area contributed by atoms with Crippen LogP contribution in [0.15, 0.2) is 203 Å². The topological polar surface area (TPSA) is 26.3 Å². The summed E-state index contributed by atoms with van der Waals surface area (Å²) in [6, 6.07) is 70.0. The highest BCUT2D eigenvalue weighted by molar-refractivity contribution is 6.26. The first kappa shape index (κ1) is 31.0. The van der Waals surface area contributed by atoms with Gasteiger partial charge in [0.1, 0.15) is 22.3 Å². The Labute approximate surface area is 322 Å². The fraction of sp³-hybridized carbons (Fsp3) is 0. The normalized spacial score (nSPS) is 11.9. The van der Waals surface area contributed by atoms with Crippen LogP contribution in [0.25, 0.3) is 121 Å². The monoisotopic (exact) mass is 712 g/mol. The second-order valence-electron chi connectivity index (χ2n) is 14.8. The van der Waals surface area contributed by atoms with E-state index >= 15 is 0 Å². The second-order valence-corrected chi connectivity index (χ2v) is 14.8. The van der Waals surface area contributed by atoms with E-state index in [2.05, 4.69) is 170 Å². The largest absolute Gasteiger partial charge is 0.456 e. The molecule has 0 aliphatic rings.